The smallest absolute Gasteiger partial charge is 0.345 e. The summed E-state index contributed by atoms with van der Waals surface area (Å²) in [5.74, 6) is -3.73. The van der Waals surface area contributed by atoms with E-state index in [4.69, 9.17) is 14.2 Å². The van der Waals surface area contributed by atoms with Crippen LogP contribution in [0.3, 0.4) is 0 Å². The number of nitrogens with zero attached hydrogens (tertiary/aromatic N) is 3. The van der Waals surface area contributed by atoms with Crippen molar-refractivity contribution < 1.29 is 43.3 Å². The standard InChI is InChI=1S/C40H66N4O9/c1-13-26(6)35(43(10)38(47)33(24(2)3)41-37(46)34(25(4)5)42(8)9)30(51-11)23-32(45)44-21-17-20-29(44)36(52-12)27(7)40(50)53-31(39(48)49)22-28-18-15-14-16-19-28/h14-16,18-19,24-27,29-31,33-36H,13,17,20-23H2,1-12H3,(H,41,46)(H,48,49)/t26-,27+,29-,30+,31-,33-,34-,35-,36+/m0/s1. The Morgan fingerprint density at radius 2 is 1.57 bits per heavy atom. The van der Waals surface area contributed by atoms with E-state index in [2.05, 4.69) is 5.32 Å². The Morgan fingerprint density at radius 3 is 2.06 bits per heavy atom. The predicted molar refractivity (Wildman–Crippen MR) is 203 cm³/mol. The van der Waals surface area contributed by atoms with Gasteiger partial charge in [-0.15, -0.1) is 0 Å². The van der Waals surface area contributed by atoms with E-state index in [9.17, 15) is 29.1 Å². The number of carbonyl (C=O) groups excluding carboxylic acids is 4. The quantitative estimate of drug-likeness (QED) is 0.177. The number of likely N-dealkylation sites (tertiary alicyclic amines) is 1. The zero-order valence-electron chi connectivity index (χ0n) is 34.0. The number of ether oxygens (including phenoxy) is 3. The summed E-state index contributed by atoms with van der Waals surface area (Å²) in [7, 11) is 8.39. The molecule has 0 radical (unpaired) electrons. The van der Waals surface area contributed by atoms with Crippen molar-refractivity contribution in [2.45, 2.75) is 123 Å². The molecule has 9 atom stereocenters. The second-order valence-electron chi connectivity index (χ2n) is 15.4. The number of carbonyl (C=O) groups is 5. The third-order valence-electron chi connectivity index (χ3n) is 10.7. The van der Waals surface area contributed by atoms with Crippen LogP contribution in [-0.2, 0) is 44.6 Å². The summed E-state index contributed by atoms with van der Waals surface area (Å²) in [6.07, 6.45) is -0.813. The lowest BCUT2D eigenvalue weighted by Gasteiger charge is -2.41. The molecule has 0 bridgehead atoms. The molecule has 1 heterocycles. The Morgan fingerprint density at radius 1 is 0.943 bits per heavy atom. The highest BCUT2D eigenvalue weighted by Crippen LogP contribution is 2.30. The number of rotatable bonds is 21. The van der Waals surface area contributed by atoms with Crippen molar-refractivity contribution >= 4 is 29.7 Å². The van der Waals surface area contributed by atoms with Gasteiger partial charge in [0.05, 0.1) is 42.7 Å². The fourth-order valence-corrected chi connectivity index (χ4v) is 7.65. The van der Waals surface area contributed by atoms with Crippen LogP contribution < -0.4 is 5.32 Å². The molecule has 53 heavy (non-hydrogen) atoms. The van der Waals surface area contributed by atoms with Crippen LogP contribution in [0.2, 0.25) is 0 Å². The first-order chi connectivity index (χ1) is 24.9. The predicted octanol–water partition coefficient (Wildman–Crippen LogP) is 3.87. The van der Waals surface area contributed by atoms with Crippen LogP contribution in [0.1, 0.15) is 79.7 Å². The molecule has 13 nitrogen and oxygen atoms in total. The van der Waals surface area contributed by atoms with Gasteiger partial charge in [0.25, 0.3) is 0 Å². The van der Waals surface area contributed by atoms with Gasteiger partial charge in [-0.2, -0.15) is 0 Å². The summed E-state index contributed by atoms with van der Waals surface area (Å²) in [5, 5.41) is 12.8. The molecular weight excluding hydrogens is 680 g/mol. The number of aliphatic carboxylic acids is 1. The average molecular weight is 747 g/mol. The van der Waals surface area contributed by atoms with Crippen LogP contribution in [0.5, 0.6) is 0 Å². The zero-order chi connectivity index (χ0) is 40.2. The van der Waals surface area contributed by atoms with Crippen LogP contribution >= 0.6 is 0 Å². The number of carboxylic acids is 1. The molecule has 2 N–H and O–H groups in total. The maximum atomic E-state index is 14.2. The lowest BCUT2D eigenvalue weighted by Crippen LogP contribution is -2.59. The molecule has 1 saturated heterocycles. The number of nitrogens with one attached hydrogen (secondary N) is 1. The fraction of sp³-hybridized carbons (Fsp3) is 0.725. The molecule has 0 spiro atoms. The van der Waals surface area contributed by atoms with E-state index in [1.807, 2.05) is 66.6 Å². The molecule has 0 aromatic heterocycles. The fourth-order valence-electron chi connectivity index (χ4n) is 7.65. The van der Waals surface area contributed by atoms with E-state index >= 15 is 0 Å². The minimum absolute atomic E-state index is 0.0197. The van der Waals surface area contributed by atoms with E-state index in [1.165, 1.54) is 14.2 Å². The van der Waals surface area contributed by atoms with Gasteiger partial charge in [-0.05, 0) is 57.2 Å². The minimum atomic E-state index is -1.38. The van der Waals surface area contributed by atoms with Gasteiger partial charge in [0.1, 0.15) is 6.04 Å². The molecule has 13 heteroatoms. The van der Waals surface area contributed by atoms with Crippen LogP contribution in [0.4, 0.5) is 0 Å². The summed E-state index contributed by atoms with van der Waals surface area (Å²) >= 11 is 0. The number of likely N-dealkylation sites (N-methyl/N-ethyl adjacent to an activating group) is 2. The molecule has 0 saturated carbocycles. The first-order valence-corrected chi connectivity index (χ1v) is 19.0. The van der Waals surface area contributed by atoms with Gasteiger partial charge >= 0.3 is 11.9 Å². The lowest BCUT2D eigenvalue weighted by molar-refractivity contribution is -0.171. The van der Waals surface area contributed by atoms with Crippen LogP contribution in [0.15, 0.2) is 30.3 Å². The van der Waals surface area contributed by atoms with E-state index in [-0.39, 0.29) is 48.3 Å². The van der Waals surface area contributed by atoms with Gasteiger partial charge in [-0.1, -0.05) is 78.3 Å². The summed E-state index contributed by atoms with van der Waals surface area (Å²) in [5.41, 5.74) is 0.723. The summed E-state index contributed by atoms with van der Waals surface area (Å²) in [6, 6.07) is 6.80. The van der Waals surface area contributed by atoms with Crippen molar-refractivity contribution in [3.63, 3.8) is 0 Å². The highest BCUT2D eigenvalue weighted by Gasteiger charge is 2.44. The van der Waals surface area contributed by atoms with Crippen molar-refractivity contribution in [2.75, 3.05) is 41.9 Å². The Balaban J connectivity index is 2.27. The average Bonchev–Trinajstić information content (AvgIpc) is 3.59. The number of esters is 1. The van der Waals surface area contributed by atoms with Gasteiger partial charge < -0.3 is 34.4 Å². The molecule has 1 fully saturated rings. The molecule has 0 aliphatic carbocycles. The van der Waals surface area contributed by atoms with E-state index in [0.717, 1.165) is 5.56 Å². The van der Waals surface area contributed by atoms with Gasteiger partial charge in [0, 0.05) is 34.2 Å². The molecule has 300 valence electrons. The molecule has 1 aromatic rings. The second-order valence-corrected chi connectivity index (χ2v) is 15.4. The number of hydrogen-bond acceptors (Lipinski definition) is 9. The largest absolute Gasteiger partial charge is 0.478 e. The number of amides is 3. The highest BCUT2D eigenvalue weighted by atomic mass is 16.6. The number of carboxylic acid groups (broad SMARTS) is 1. The van der Waals surface area contributed by atoms with Crippen LogP contribution in [0, 0.1) is 23.7 Å². The van der Waals surface area contributed by atoms with Crippen molar-refractivity contribution in [1.82, 2.24) is 20.0 Å². The zero-order valence-corrected chi connectivity index (χ0v) is 34.0. The minimum Gasteiger partial charge on any atom is -0.478 e. The molecule has 3 amide bonds. The molecule has 0 unspecified atom stereocenters. The van der Waals surface area contributed by atoms with E-state index in [0.29, 0.717) is 25.8 Å². The molecular formula is C40H66N4O9. The summed E-state index contributed by atoms with van der Waals surface area (Å²) in [4.78, 5) is 72.3. The highest BCUT2D eigenvalue weighted by molar-refractivity contribution is 5.90. The number of hydrogen-bond donors (Lipinski definition) is 2. The second kappa shape index (κ2) is 21.4. The molecule has 1 aromatic carbocycles. The van der Waals surface area contributed by atoms with Gasteiger partial charge in [0.15, 0.2) is 0 Å². The third-order valence-corrected chi connectivity index (χ3v) is 10.7. The Bertz CT molecular complexity index is 1330. The van der Waals surface area contributed by atoms with Crippen molar-refractivity contribution in [2.24, 2.45) is 23.7 Å². The maximum Gasteiger partial charge on any atom is 0.345 e. The van der Waals surface area contributed by atoms with Crippen LogP contribution in [-0.4, -0.2) is 134 Å². The first-order valence-electron chi connectivity index (χ1n) is 19.0. The summed E-state index contributed by atoms with van der Waals surface area (Å²) < 4.78 is 17.3. The molecule has 1 aliphatic rings. The topological polar surface area (TPSA) is 155 Å². The Hall–Kier alpha value is -3.55. The SMILES string of the molecule is CC[C@H](C)[C@@H]([C@@H](CC(=O)N1CCC[C@H]1[C@H](OC)[C@@H](C)C(=O)O[C@@H](Cc1ccccc1)C(=O)O)OC)N(C)C(=O)[C@@H](NC(=O)[C@H](C(C)C)N(C)C)C(C)C. The first kappa shape index (κ1) is 45.6. The van der Waals surface area contributed by atoms with Crippen LogP contribution in [0.25, 0.3) is 0 Å². The lowest BCUT2D eigenvalue weighted by atomic mass is 9.89. The maximum absolute atomic E-state index is 14.2. The van der Waals surface area contributed by atoms with Gasteiger partial charge in [0.2, 0.25) is 23.8 Å². The molecule has 1 aliphatic heterocycles. The Labute approximate surface area is 317 Å². The van der Waals surface area contributed by atoms with E-state index in [1.54, 1.807) is 48.0 Å². The van der Waals surface area contributed by atoms with Gasteiger partial charge in [-0.25, -0.2) is 4.79 Å². The van der Waals surface area contributed by atoms with Crippen molar-refractivity contribution in [3.05, 3.63) is 35.9 Å². The number of benzene rings is 1. The summed E-state index contributed by atoms with van der Waals surface area (Å²) in [6.45, 7) is 13.8. The van der Waals surface area contributed by atoms with Crippen molar-refractivity contribution in [1.29, 1.82) is 0 Å². The third kappa shape index (κ3) is 12.2. The van der Waals surface area contributed by atoms with Crippen molar-refractivity contribution in [3.8, 4) is 0 Å². The van der Waals surface area contributed by atoms with E-state index < -0.39 is 60.3 Å². The number of methoxy groups -OCH3 is 2. The monoisotopic (exact) mass is 746 g/mol. The molecule has 2 rings (SSSR count). The normalized spacial score (nSPS) is 19.2. The van der Waals surface area contributed by atoms with Gasteiger partial charge in [-0.3, -0.25) is 24.1 Å². The Kier molecular flexibility index (Phi) is 18.4.